The van der Waals surface area contributed by atoms with E-state index in [1.807, 2.05) is 12.3 Å². The van der Waals surface area contributed by atoms with Crippen molar-refractivity contribution in [3.63, 3.8) is 0 Å². The van der Waals surface area contributed by atoms with Crippen LogP contribution in [0.3, 0.4) is 0 Å². The molecule has 0 unspecified atom stereocenters. The van der Waals surface area contributed by atoms with Crippen molar-refractivity contribution in [2.45, 2.75) is 24.2 Å². The maximum atomic E-state index is 12.1. The molecule has 2 rings (SSSR count). The van der Waals surface area contributed by atoms with E-state index in [-0.39, 0.29) is 0 Å². The van der Waals surface area contributed by atoms with Gasteiger partial charge in [0.05, 0.1) is 6.54 Å². The predicted octanol–water partition coefficient (Wildman–Crippen LogP) is 1.03. The molecule has 0 aliphatic rings. The van der Waals surface area contributed by atoms with Crippen LogP contribution in [0.15, 0.2) is 34.1 Å². The molecule has 8 heteroatoms. The number of aromatic nitrogens is 2. The van der Waals surface area contributed by atoms with E-state index in [2.05, 4.69) is 15.1 Å². The Morgan fingerprint density at radius 1 is 1.45 bits per heavy atom. The fourth-order valence-electron chi connectivity index (χ4n) is 1.65. The molecule has 0 spiro atoms. The predicted molar refractivity (Wildman–Crippen MR) is 79.1 cm³/mol. The Bertz CT molecular complexity index is 620. The summed E-state index contributed by atoms with van der Waals surface area (Å²) in [4.78, 5) is 0. The second kappa shape index (κ2) is 6.98. The second-order valence-corrected chi connectivity index (χ2v) is 7.13. The molecule has 110 valence electrons. The van der Waals surface area contributed by atoms with Gasteiger partial charge in [-0.1, -0.05) is 6.92 Å². The summed E-state index contributed by atoms with van der Waals surface area (Å²) >= 11 is 1.24. The molecular formula is C12H18N4O2S2. The molecule has 6 nitrogen and oxygen atoms in total. The highest BCUT2D eigenvalue weighted by Crippen LogP contribution is 2.19. The van der Waals surface area contributed by atoms with Crippen molar-refractivity contribution in [3.05, 3.63) is 35.5 Å². The summed E-state index contributed by atoms with van der Waals surface area (Å²) in [6.45, 7) is 4.41. The third-order valence-electron chi connectivity index (χ3n) is 2.67. The number of hydrogen-bond acceptors (Lipinski definition) is 5. The van der Waals surface area contributed by atoms with Gasteiger partial charge in [0.15, 0.2) is 0 Å². The highest BCUT2D eigenvalue weighted by atomic mass is 32.2. The van der Waals surface area contributed by atoms with Gasteiger partial charge in [0.25, 0.3) is 0 Å². The minimum absolute atomic E-state index is 0.324. The van der Waals surface area contributed by atoms with Crippen LogP contribution in [-0.2, 0) is 23.1 Å². The maximum Gasteiger partial charge on any atom is 0.250 e. The SMILES string of the molecule is CCNCc1csc(S(=O)(=O)NCCn2cccn2)c1. The van der Waals surface area contributed by atoms with Crippen molar-refractivity contribution < 1.29 is 8.42 Å². The number of nitrogens with zero attached hydrogens (tertiary/aromatic N) is 2. The average molecular weight is 314 g/mol. The molecule has 2 aromatic heterocycles. The van der Waals surface area contributed by atoms with Crippen LogP contribution in [0.4, 0.5) is 0 Å². The summed E-state index contributed by atoms with van der Waals surface area (Å²) < 4.78 is 28.8. The van der Waals surface area contributed by atoms with Gasteiger partial charge in [-0.05, 0) is 29.6 Å². The summed E-state index contributed by atoms with van der Waals surface area (Å²) in [6.07, 6.45) is 3.47. The van der Waals surface area contributed by atoms with Crippen molar-refractivity contribution in [2.75, 3.05) is 13.1 Å². The van der Waals surface area contributed by atoms with Crippen LogP contribution >= 0.6 is 11.3 Å². The lowest BCUT2D eigenvalue weighted by molar-refractivity contribution is 0.562. The summed E-state index contributed by atoms with van der Waals surface area (Å²) in [7, 11) is -3.42. The van der Waals surface area contributed by atoms with E-state index in [0.29, 0.717) is 23.8 Å². The van der Waals surface area contributed by atoms with Crippen LogP contribution in [0.5, 0.6) is 0 Å². The van der Waals surface area contributed by atoms with Crippen molar-refractivity contribution in [1.82, 2.24) is 19.8 Å². The first-order valence-corrected chi connectivity index (χ1v) is 8.73. The summed E-state index contributed by atoms with van der Waals surface area (Å²) in [5, 5.41) is 9.06. The topological polar surface area (TPSA) is 76.0 Å². The van der Waals surface area contributed by atoms with Crippen LogP contribution in [0, 0.1) is 0 Å². The molecule has 0 saturated carbocycles. The molecule has 0 atom stereocenters. The first kappa shape index (κ1) is 15.2. The summed E-state index contributed by atoms with van der Waals surface area (Å²) in [5.74, 6) is 0. The number of nitrogens with one attached hydrogen (secondary N) is 2. The Balaban J connectivity index is 1.90. The Morgan fingerprint density at radius 2 is 2.30 bits per heavy atom. The van der Waals surface area contributed by atoms with Gasteiger partial charge in [-0.25, -0.2) is 13.1 Å². The molecule has 0 radical (unpaired) electrons. The molecule has 0 aromatic carbocycles. The normalized spacial score (nSPS) is 11.8. The van der Waals surface area contributed by atoms with Gasteiger partial charge in [-0.15, -0.1) is 11.3 Å². The summed E-state index contributed by atoms with van der Waals surface area (Å²) in [5.41, 5.74) is 0.990. The Morgan fingerprint density at radius 3 is 3.00 bits per heavy atom. The first-order valence-electron chi connectivity index (χ1n) is 6.37. The third kappa shape index (κ3) is 4.14. The Kier molecular flexibility index (Phi) is 5.30. The number of rotatable bonds is 8. The van der Waals surface area contributed by atoms with Gasteiger partial charge < -0.3 is 5.32 Å². The zero-order valence-electron chi connectivity index (χ0n) is 11.2. The van der Waals surface area contributed by atoms with Crippen molar-refractivity contribution >= 4 is 21.4 Å². The second-order valence-electron chi connectivity index (χ2n) is 4.22. The first-order chi connectivity index (χ1) is 9.62. The van der Waals surface area contributed by atoms with Gasteiger partial charge in [-0.3, -0.25) is 4.68 Å². The minimum Gasteiger partial charge on any atom is -0.313 e. The fourth-order valence-corrected chi connectivity index (χ4v) is 3.93. The van der Waals surface area contributed by atoms with E-state index < -0.39 is 10.0 Å². The number of thiophene rings is 1. The monoisotopic (exact) mass is 314 g/mol. The van der Waals surface area contributed by atoms with Crippen molar-refractivity contribution in [2.24, 2.45) is 0 Å². The van der Waals surface area contributed by atoms with Gasteiger partial charge in [0.1, 0.15) is 4.21 Å². The molecule has 0 amide bonds. The lowest BCUT2D eigenvalue weighted by Crippen LogP contribution is -2.27. The smallest absolute Gasteiger partial charge is 0.250 e. The Hall–Kier alpha value is -1.22. The summed E-state index contributed by atoms with van der Waals surface area (Å²) in [6, 6.07) is 3.52. The molecule has 0 bridgehead atoms. The number of sulfonamides is 1. The van der Waals surface area contributed by atoms with Crippen LogP contribution in [0.2, 0.25) is 0 Å². The van der Waals surface area contributed by atoms with E-state index >= 15 is 0 Å². The van der Waals surface area contributed by atoms with E-state index in [4.69, 9.17) is 0 Å². The zero-order valence-corrected chi connectivity index (χ0v) is 12.9. The molecule has 0 aliphatic heterocycles. The molecule has 0 aliphatic carbocycles. The molecular weight excluding hydrogens is 296 g/mol. The molecule has 2 aromatic rings. The molecule has 2 N–H and O–H groups in total. The lowest BCUT2D eigenvalue weighted by atomic mass is 10.3. The third-order valence-corrected chi connectivity index (χ3v) is 5.62. The van der Waals surface area contributed by atoms with Crippen LogP contribution in [0.1, 0.15) is 12.5 Å². The molecule has 0 fully saturated rings. The lowest BCUT2D eigenvalue weighted by Gasteiger charge is -2.04. The van der Waals surface area contributed by atoms with Crippen LogP contribution < -0.4 is 10.0 Å². The van der Waals surface area contributed by atoms with E-state index in [9.17, 15) is 8.42 Å². The maximum absolute atomic E-state index is 12.1. The highest BCUT2D eigenvalue weighted by molar-refractivity contribution is 7.91. The van der Waals surface area contributed by atoms with Gasteiger partial charge in [-0.2, -0.15) is 5.10 Å². The average Bonchev–Trinajstić information content (AvgIpc) is 3.07. The van der Waals surface area contributed by atoms with Crippen LogP contribution in [0.25, 0.3) is 0 Å². The molecule has 2 heterocycles. The Labute approximate surface area is 122 Å². The standard InChI is InChI=1S/C12H18N4O2S2/c1-2-13-9-11-8-12(19-10-11)20(17,18)15-5-7-16-6-3-4-14-16/h3-4,6,8,10,13,15H,2,5,7,9H2,1H3. The molecule has 0 saturated heterocycles. The quantitative estimate of drug-likeness (QED) is 0.763. The van der Waals surface area contributed by atoms with Gasteiger partial charge in [0, 0.05) is 25.5 Å². The van der Waals surface area contributed by atoms with Crippen LogP contribution in [-0.4, -0.2) is 31.3 Å². The van der Waals surface area contributed by atoms with Crippen molar-refractivity contribution in [1.29, 1.82) is 0 Å². The van der Waals surface area contributed by atoms with E-state index in [1.165, 1.54) is 11.3 Å². The largest absolute Gasteiger partial charge is 0.313 e. The van der Waals surface area contributed by atoms with Gasteiger partial charge >= 0.3 is 0 Å². The van der Waals surface area contributed by atoms with E-state index in [1.54, 1.807) is 29.2 Å². The molecule has 20 heavy (non-hydrogen) atoms. The fraction of sp³-hybridized carbons (Fsp3) is 0.417. The number of hydrogen-bond donors (Lipinski definition) is 2. The minimum atomic E-state index is -3.42. The van der Waals surface area contributed by atoms with Gasteiger partial charge in [0.2, 0.25) is 10.0 Å². The van der Waals surface area contributed by atoms with Crippen molar-refractivity contribution in [3.8, 4) is 0 Å². The zero-order chi connectivity index (χ0) is 14.4. The highest BCUT2D eigenvalue weighted by Gasteiger charge is 2.16. The van der Waals surface area contributed by atoms with E-state index in [0.717, 1.165) is 12.1 Å².